The number of carbonyl (C=O) groups excluding carboxylic acids is 2. The third kappa shape index (κ3) is 19.7. The standard InChI is InChI=1S/C135H82O4/c136-134-130(114-69-57-102(58-70-114)49-43-96-29-13-3-14-30-96)126(109-39-23-8-24-40-109)127(131(134)115-71-59-103(60-72-115)50-44-97-31-15-4-16-32-97)111-79-87-120(88-80-111)139-121-91-83-113(84-92-121)129-128(132(116-73-61-104(62-74-116)51-45-98-33-17-5-18-34-98)135(137)133(129)117-75-63-105(64-76-117)52-46-99-35-19-6-20-36-99)112-81-89-119(90-82-112)138-118-85-77-110(78-86-118)125-123(107-67-55-101(56-68-107)48-42-95-27-11-2-12-28-95)93-122(124(125)108-37-21-7-22-38-108)106-65-53-100(54-66-106)47-41-94-25-9-1-10-26-94/h1-40,53-92H,93H2. The Kier molecular flexibility index (Phi) is 25.1. The third-order valence-corrected chi connectivity index (χ3v) is 24.7. The smallest absolute Gasteiger partial charge is 0.195 e. The van der Waals surface area contributed by atoms with Crippen LogP contribution >= 0.6 is 0 Å². The summed E-state index contributed by atoms with van der Waals surface area (Å²) in [5.41, 5.74) is 31.3. The van der Waals surface area contributed by atoms with Crippen LogP contribution in [0, 0.1) is 71.0 Å². The molecule has 18 aromatic rings. The molecule has 0 fully saturated rings. The Labute approximate surface area is 811 Å². The van der Waals surface area contributed by atoms with Crippen LogP contribution < -0.4 is 9.47 Å². The quantitative estimate of drug-likeness (QED) is 0.0905. The molecule has 0 aromatic heterocycles. The molecule has 0 spiro atoms. The summed E-state index contributed by atoms with van der Waals surface area (Å²) < 4.78 is 13.8. The van der Waals surface area contributed by atoms with Crippen molar-refractivity contribution in [3.63, 3.8) is 0 Å². The van der Waals surface area contributed by atoms with E-state index in [0.717, 1.165) is 167 Å². The Morgan fingerprint density at radius 2 is 0.266 bits per heavy atom. The minimum absolute atomic E-state index is 0.0995. The van der Waals surface area contributed by atoms with Gasteiger partial charge in [-0.3, -0.25) is 9.59 Å². The fraction of sp³-hybridized carbons (Fsp3) is 0.00741. The van der Waals surface area contributed by atoms with E-state index in [1.54, 1.807) is 0 Å². The molecule has 139 heavy (non-hydrogen) atoms. The zero-order valence-corrected chi connectivity index (χ0v) is 75.5. The maximum absolute atomic E-state index is 16.4. The maximum atomic E-state index is 16.4. The summed E-state index contributed by atoms with van der Waals surface area (Å²) in [6.07, 6.45) is 0.678. The van der Waals surface area contributed by atoms with Crippen LogP contribution in [-0.2, 0) is 9.59 Å². The molecule has 0 bridgehead atoms. The Morgan fingerprint density at radius 1 is 0.129 bits per heavy atom. The lowest BCUT2D eigenvalue weighted by molar-refractivity contribution is -0.109. The number of benzene rings is 18. The van der Waals surface area contributed by atoms with Gasteiger partial charge in [-0.05, 0) is 290 Å². The van der Waals surface area contributed by atoms with E-state index >= 15 is 9.59 Å². The molecular weight excluding hydrogens is 1690 g/mol. The van der Waals surface area contributed by atoms with Crippen molar-refractivity contribution in [1.29, 1.82) is 0 Å². The lowest BCUT2D eigenvalue weighted by Crippen LogP contribution is -2.02. The number of hydrogen-bond acceptors (Lipinski definition) is 4. The Bertz CT molecular complexity index is 8340. The van der Waals surface area contributed by atoms with E-state index in [9.17, 15) is 0 Å². The molecule has 21 rings (SSSR count). The summed E-state index contributed by atoms with van der Waals surface area (Å²) in [6, 6.07) is 162. The van der Waals surface area contributed by atoms with Crippen molar-refractivity contribution in [3.8, 4) is 94.0 Å². The number of allylic oxidation sites excluding steroid dienone is 12. The molecule has 18 aromatic carbocycles. The first-order chi connectivity index (χ1) is 68.7. The van der Waals surface area contributed by atoms with E-state index in [1.807, 2.05) is 382 Å². The van der Waals surface area contributed by atoms with E-state index in [0.29, 0.717) is 51.7 Å². The van der Waals surface area contributed by atoms with Crippen LogP contribution in [0.4, 0.5) is 0 Å². The van der Waals surface area contributed by atoms with Crippen LogP contribution in [0.2, 0.25) is 0 Å². The Balaban J connectivity index is 0.633. The van der Waals surface area contributed by atoms with E-state index in [2.05, 4.69) is 174 Å². The first-order valence-corrected chi connectivity index (χ1v) is 46.2. The normalized spacial score (nSPS) is 12.5. The number of rotatable bonds is 16. The second-order valence-corrected chi connectivity index (χ2v) is 33.7. The van der Waals surface area contributed by atoms with Gasteiger partial charge in [-0.25, -0.2) is 0 Å². The van der Waals surface area contributed by atoms with Gasteiger partial charge in [0.2, 0.25) is 0 Å². The Hall–Kier alpha value is -19.3. The zero-order chi connectivity index (χ0) is 93.4. The molecule has 0 heterocycles. The number of carbonyl (C=O) groups is 2. The zero-order valence-electron chi connectivity index (χ0n) is 75.5. The molecule has 0 saturated carbocycles. The lowest BCUT2D eigenvalue weighted by Gasteiger charge is -2.16. The molecule has 0 aliphatic heterocycles. The molecular formula is C135H82O4. The molecule has 0 unspecified atom stereocenters. The van der Waals surface area contributed by atoms with Crippen LogP contribution in [0.15, 0.2) is 485 Å². The first-order valence-electron chi connectivity index (χ1n) is 46.2. The topological polar surface area (TPSA) is 52.6 Å². The molecule has 4 heteroatoms. The predicted molar refractivity (Wildman–Crippen MR) is 567 cm³/mol. The van der Waals surface area contributed by atoms with E-state index < -0.39 is 0 Å². The van der Waals surface area contributed by atoms with Gasteiger partial charge < -0.3 is 9.47 Å². The van der Waals surface area contributed by atoms with Crippen molar-refractivity contribution in [1.82, 2.24) is 0 Å². The van der Waals surface area contributed by atoms with Crippen LogP contribution in [0.1, 0.15) is 140 Å². The highest BCUT2D eigenvalue weighted by Crippen LogP contribution is 2.55. The van der Waals surface area contributed by atoms with Gasteiger partial charge in [0.25, 0.3) is 0 Å². The summed E-state index contributed by atoms with van der Waals surface area (Å²) in [5, 5.41) is 0. The number of hydrogen-bond donors (Lipinski definition) is 0. The summed E-state index contributed by atoms with van der Waals surface area (Å²) in [4.78, 5) is 32.2. The van der Waals surface area contributed by atoms with E-state index in [1.165, 1.54) is 11.1 Å². The Morgan fingerprint density at radius 3 is 0.460 bits per heavy atom. The molecule has 3 aliphatic carbocycles. The maximum Gasteiger partial charge on any atom is 0.195 e. The van der Waals surface area contributed by atoms with Gasteiger partial charge in [-0.2, -0.15) is 0 Å². The fourth-order valence-corrected chi connectivity index (χ4v) is 17.9. The summed E-state index contributed by atoms with van der Waals surface area (Å²) in [7, 11) is 0. The van der Waals surface area contributed by atoms with Gasteiger partial charge in [-0.15, -0.1) is 0 Å². The van der Waals surface area contributed by atoms with Crippen molar-refractivity contribution < 1.29 is 19.1 Å². The van der Waals surface area contributed by atoms with Gasteiger partial charge >= 0.3 is 0 Å². The first kappa shape index (κ1) is 86.4. The highest BCUT2D eigenvalue weighted by atomic mass is 16.5. The van der Waals surface area contributed by atoms with Crippen molar-refractivity contribution in [2.45, 2.75) is 6.42 Å². The van der Waals surface area contributed by atoms with Crippen molar-refractivity contribution in [2.75, 3.05) is 0 Å². The monoisotopic (exact) mass is 1770 g/mol. The average molecular weight is 1770 g/mol. The second kappa shape index (κ2) is 40.4. The van der Waals surface area contributed by atoms with Crippen molar-refractivity contribution in [2.24, 2.45) is 0 Å². The van der Waals surface area contributed by atoms with Gasteiger partial charge in [0.1, 0.15) is 23.0 Å². The summed E-state index contributed by atoms with van der Waals surface area (Å²) in [6.45, 7) is 0. The minimum atomic E-state index is -0.144. The average Bonchev–Trinajstić information content (AvgIpc) is 1.60. The van der Waals surface area contributed by atoms with Crippen molar-refractivity contribution >= 4 is 78.4 Å². The lowest BCUT2D eigenvalue weighted by atomic mass is 9.89. The number of Topliss-reactive ketones (excluding diaryl/α,β-unsaturated/α-hetero) is 2. The third-order valence-electron chi connectivity index (χ3n) is 24.7. The van der Waals surface area contributed by atoms with Gasteiger partial charge in [0.05, 0.1) is 0 Å². The van der Waals surface area contributed by atoms with Crippen LogP contribution in [-0.4, -0.2) is 11.6 Å². The molecule has 0 atom stereocenters. The summed E-state index contributed by atoms with van der Waals surface area (Å²) in [5.74, 6) is 42.2. The van der Waals surface area contributed by atoms with E-state index in [4.69, 9.17) is 9.47 Å². The molecule has 646 valence electrons. The summed E-state index contributed by atoms with van der Waals surface area (Å²) >= 11 is 0. The molecule has 0 radical (unpaired) electrons. The number of ketones is 2. The van der Waals surface area contributed by atoms with Crippen LogP contribution in [0.3, 0.4) is 0 Å². The van der Waals surface area contributed by atoms with Crippen LogP contribution in [0.5, 0.6) is 23.0 Å². The van der Waals surface area contributed by atoms with Crippen LogP contribution in [0.25, 0.3) is 66.9 Å². The van der Waals surface area contributed by atoms with E-state index in [-0.39, 0.29) is 11.6 Å². The predicted octanol–water partition coefficient (Wildman–Crippen LogP) is 29.8. The molecule has 0 saturated heterocycles. The fourth-order valence-electron chi connectivity index (χ4n) is 17.9. The van der Waals surface area contributed by atoms with Crippen molar-refractivity contribution in [3.05, 3.63) is 619 Å². The largest absolute Gasteiger partial charge is 0.457 e. The molecule has 0 N–H and O–H groups in total. The molecule has 0 amide bonds. The molecule has 4 nitrogen and oxygen atoms in total. The minimum Gasteiger partial charge on any atom is -0.457 e. The highest BCUT2D eigenvalue weighted by Gasteiger charge is 2.38. The van der Waals surface area contributed by atoms with Gasteiger partial charge in [0.15, 0.2) is 11.6 Å². The molecule has 3 aliphatic rings. The second-order valence-electron chi connectivity index (χ2n) is 33.7. The highest BCUT2D eigenvalue weighted by molar-refractivity contribution is 6.60. The van der Waals surface area contributed by atoms with Gasteiger partial charge in [0, 0.05) is 111 Å². The van der Waals surface area contributed by atoms with Gasteiger partial charge in [-0.1, -0.05) is 362 Å². The number of ether oxygens (including phenoxy) is 2. The SMILES string of the molecule is O=C1C(c2ccc(C#Cc3ccccc3)cc2)=C(c2ccccc2)C(c2ccc(Oc3ccc(C4=C(c5ccc(C#Cc6ccccc6)cc5)C(=O)C(c5ccc(C#Cc6ccccc6)cc5)=C4c4ccc(Oc5ccc(C6=C(c7ccc(C#Cc8ccccc8)cc7)CC(c7ccc(C#Cc8ccccc8)cc7)=C6c6ccccc6)cc5)cc4)cc3)cc2)=C1c1ccc(C#Cc2ccccc2)cc1.